The van der Waals surface area contributed by atoms with Crippen molar-refractivity contribution in [1.29, 1.82) is 0 Å². The molecule has 0 amide bonds. The van der Waals surface area contributed by atoms with Crippen LogP contribution in [0.25, 0.3) is 27.5 Å². The van der Waals surface area contributed by atoms with Crippen molar-refractivity contribution in [2.45, 2.75) is 34.3 Å². The highest BCUT2D eigenvalue weighted by atomic mass is 16.7. The van der Waals surface area contributed by atoms with Crippen LogP contribution in [0.4, 0.5) is 0 Å². The highest BCUT2D eigenvalue weighted by molar-refractivity contribution is 6.16. The second-order valence-corrected chi connectivity index (χ2v) is 11.1. The van der Waals surface area contributed by atoms with E-state index in [-0.39, 0.29) is 12.4 Å². The maximum atomic E-state index is 13.7. The minimum absolute atomic E-state index is 0.133. The Balaban J connectivity index is 1.39. The molecule has 0 aliphatic rings. The fraction of sp³-hybridized carbons (Fsp3) is 0.132. The Morgan fingerprint density at radius 1 is 0.646 bits per heavy atom. The molecule has 240 valence electrons. The summed E-state index contributed by atoms with van der Waals surface area (Å²) in [5.41, 5.74) is 6.35. The van der Waals surface area contributed by atoms with Crippen LogP contribution in [0.3, 0.4) is 0 Å². The fourth-order valence-electron chi connectivity index (χ4n) is 5.31. The number of furan rings is 1. The van der Waals surface area contributed by atoms with Gasteiger partial charge in [0, 0.05) is 41.4 Å². The number of oxime groups is 2. The smallest absolute Gasteiger partial charge is 0.331 e. The Hall–Kier alpha value is -6.29. The van der Waals surface area contributed by atoms with Crippen LogP contribution in [0, 0.1) is 0 Å². The summed E-state index contributed by atoms with van der Waals surface area (Å²) in [5.74, 6) is 0.195. The lowest BCUT2D eigenvalue weighted by molar-refractivity contribution is -0.141. The topological polar surface area (TPSA) is 122 Å². The molecule has 0 atom stereocenters. The number of aromatic nitrogens is 1. The van der Waals surface area contributed by atoms with Gasteiger partial charge in [-0.1, -0.05) is 28.5 Å². The normalized spacial score (nSPS) is 11.9. The van der Waals surface area contributed by atoms with E-state index in [0.29, 0.717) is 34.1 Å². The quantitative estimate of drug-likeness (QED) is 0.0648. The first-order valence-electron chi connectivity index (χ1n) is 15.1. The number of benzene rings is 4. The van der Waals surface area contributed by atoms with E-state index in [9.17, 15) is 14.4 Å². The molecule has 2 aromatic heterocycles. The van der Waals surface area contributed by atoms with Crippen LogP contribution in [-0.2, 0) is 25.9 Å². The molecule has 0 saturated heterocycles. The minimum Gasteiger partial charge on any atom is -0.486 e. The van der Waals surface area contributed by atoms with E-state index in [0.717, 1.165) is 38.6 Å². The number of carbonyl (C=O) groups is 3. The Labute approximate surface area is 275 Å². The molecule has 0 unspecified atom stereocenters. The third-order valence-corrected chi connectivity index (χ3v) is 7.69. The second-order valence-electron chi connectivity index (χ2n) is 11.1. The van der Waals surface area contributed by atoms with Crippen molar-refractivity contribution in [3.63, 3.8) is 0 Å². The van der Waals surface area contributed by atoms with Crippen LogP contribution in [0.5, 0.6) is 5.75 Å². The molecule has 4 aromatic carbocycles. The van der Waals surface area contributed by atoms with E-state index in [4.69, 9.17) is 18.8 Å². The average molecular weight is 642 g/mol. The number of rotatable bonds is 10. The molecule has 0 bridgehead atoms. The van der Waals surface area contributed by atoms with Crippen molar-refractivity contribution in [3.05, 3.63) is 131 Å². The lowest BCUT2D eigenvalue weighted by atomic mass is 10.0. The Kier molecular flexibility index (Phi) is 8.98. The number of ether oxygens (including phenoxy) is 1. The maximum Gasteiger partial charge on any atom is 0.331 e. The number of hydrogen-bond acceptors (Lipinski definition) is 9. The molecule has 2 heterocycles. The van der Waals surface area contributed by atoms with E-state index in [1.165, 1.54) is 13.8 Å². The molecule has 0 saturated carbocycles. The van der Waals surface area contributed by atoms with Crippen molar-refractivity contribution in [2.24, 2.45) is 10.3 Å². The maximum absolute atomic E-state index is 13.7. The van der Waals surface area contributed by atoms with Gasteiger partial charge in [0.15, 0.2) is 5.78 Å². The summed E-state index contributed by atoms with van der Waals surface area (Å²) >= 11 is 0. The van der Waals surface area contributed by atoms with Crippen molar-refractivity contribution in [3.8, 4) is 11.4 Å². The third-order valence-electron chi connectivity index (χ3n) is 7.69. The van der Waals surface area contributed by atoms with Crippen molar-refractivity contribution in [2.75, 3.05) is 0 Å². The van der Waals surface area contributed by atoms with Crippen molar-refractivity contribution < 1.29 is 33.2 Å². The lowest BCUT2D eigenvalue weighted by Crippen LogP contribution is -2.02. The van der Waals surface area contributed by atoms with Gasteiger partial charge in [0.05, 0.1) is 28.7 Å². The zero-order valence-corrected chi connectivity index (χ0v) is 26.7. The summed E-state index contributed by atoms with van der Waals surface area (Å²) in [6.45, 7) is 6.41. The molecule has 6 aromatic rings. The van der Waals surface area contributed by atoms with Gasteiger partial charge in [0.25, 0.3) is 0 Å². The Morgan fingerprint density at radius 2 is 1.19 bits per heavy atom. The molecule has 0 spiro atoms. The second kappa shape index (κ2) is 13.6. The molecular weight excluding hydrogens is 610 g/mol. The van der Waals surface area contributed by atoms with E-state index in [2.05, 4.69) is 14.9 Å². The van der Waals surface area contributed by atoms with Crippen molar-refractivity contribution >= 4 is 51.0 Å². The molecule has 0 fully saturated rings. The molecule has 6 rings (SSSR count). The number of carbonyl (C=O) groups excluding carboxylic acids is 3. The highest BCUT2D eigenvalue weighted by Gasteiger charge is 2.18. The summed E-state index contributed by atoms with van der Waals surface area (Å²) in [5, 5.41) is 9.59. The van der Waals surface area contributed by atoms with E-state index >= 15 is 0 Å². The predicted octanol–water partition coefficient (Wildman–Crippen LogP) is 7.76. The van der Waals surface area contributed by atoms with E-state index in [1.807, 2.05) is 66.7 Å². The average Bonchev–Trinajstić information content (AvgIpc) is 3.74. The standard InChI is InChI=1S/C38H31N3O7/c1-23(39-47-25(3)42)27-7-13-31(14-8-27)41-36-17-11-29(24(2)40-48-26(4)43)20-34(36)35-21-30(12-18-37(35)41)38(44)28-9-15-32(16-10-28)46-22-33-6-5-19-45-33/h5-21H,22H2,1-4H3. The summed E-state index contributed by atoms with van der Waals surface area (Å²) < 4.78 is 13.2. The van der Waals surface area contributed by atoms with Gasteiger partial charge in [-0.3, -0.25) is 4.79 Å². The molecule has 0 aliphatic heterocycles. The van der Waals surface area contributed by atoms with Gasteiger partial charge in [-0.2, -0.15) is 0 Å². The van der Waals surface area contributed by atoms with Crippen LogP contribution in [0.1, 0.15) is 60.5 Å². The first-order valence-corrected chi connectivity index (χ1v) is 15.1. The van der Waals surface area contributed by atoms with Gasteiger partial charge in [-0.15, -0.1) is 0 Å². The molecule has 48 heavy (non-hydrogen) atoms. The monoisotopic (exact) mass is 641 g/mol. The summed E-state index contributed by atoms with van der Waals surface area (Å²) in [6.07, 6.45) is 1.59. The first kappa shape index (κ1) is 31.7. The highest BCUT2D eigenvalue weighted by Crippen LogP contribution is 2.34. The molecule has 0 aliphatic carbocycles. The zero-order chi connectivity index (χ0) is 33.8. The first-order chi connectivity index (χ1) is 23.2. The van der Waals surface area contributed by atoms with Crippen molar-refractivity contribution in [1.82, 2.24) is 4.57 Å². The molecule has 0 radical (unpaired) electrons. The molecule has 0 N–H and O–H groups in total. The van der Waals surface area contributed by atoms with Gasteiger partial charge in [-0.25, -0.2) is 9.59 Å². The largest absolute Gasteiger partial charge is 0.486 e. The van der Waals surface area contributed by atoms with Crippen LogP contribution < -0.4 is 4.74 Å². The summed E-state index contributed by atoms with van der Waals surface area (Å²) in [6, 6.07) is 29.9. The molecule has 10 nitrogen and oxygen atoms in total. The summed E-state index contributed by atoms with van der Waals surface area (Å²) in [7, 11) is 0. The van der Waals surface area contributed by atoms with Crippen LogP contribution in [-0.4, -0.2) is 33.7 Å². The van der Waals surface area contributed by atoms with Gasteiger partial charge in [0.1, 0.15) is 18.1 Å². The summed E-state index contributed by atoms with van der Waals surface area (Å²) in [4.78, 5) is 46.0. The van der Waals surface area contributed by atoms with Gasteiger partial charge in [-0.05, 0) is 104 Å². The Morgan fingerprint density at radius 3 is 1.77 bits per heavy atom. The number of ketones is 1. The third kappa shape index (κ3) is 6.78. The van der Waals surface area contributed by atoms with Gasteiger partial charge >= 0.3 is 11.9 Å². The lowest BCUT2D eigenvalue weighted by Gasteiger charge is -2.10. The number of hydrogen-bond donors (Lipinski definition) is 0. The van der Waals surface area contributed by atoms with E-state index in [1.54, 1.807) is 50.4 Å². The minimum atomic E-state index is -0.510. The van der Waals surface area contributed by atoms with Gasteiger partial charge in [0.2, 0.25) is 0 Å². The van der Waals surface area contributed by atoms with Gasteiger partial charge < -0.3 is 23.4 Å². The fourth-order valence-corrected chi connectivity index (χ4v) is 5.31. The number of nitrogens with zero attached hydrogens (tertiary/aromatic N) is 3. The predicted molar refractivity (Wildman–Crippen MR) is 182 cm³/mol. The zero-order valence-electron chi connectivity index (χ0n) is 26.7. The number of fused-ring (bicyclic) bond motifs is 3. The SMILES string of the molecule is CC(=O)ON=C(C)c1ccc(-n2c3ccc(C(=O)c4ccc(OCc5ccco5)cc4)cc3c3cc(C(C)=NOC(C)=O)ccc32)cc1. The molecular formula is C38H31N3O7. The van der Waals surface area contributed by atoms with E-state index < -0.39 is 11.9 Å². The molecule has 10 heteroatoms. The van der Waals surface area contributed by atoms with Crippen LogP contribution in [0.15, 0.2) is 118 Å². The van der Waals surface area contributed by atoms with Crippen LogP contribution >= 0.6 is 0 Å². The van der Waals surface area contributed by atoms with Crippen LogP contribution in [0.2, 0.25) is 0 Å². The Bertz CT molecular complexity index is 2210.